The second kappa shape index (κ2) is 2.78. The Morgan fingerprint density at radius 1 is 1.12 bits per heavy atom. The minimum Gasteiger partial charge on any atom is -0.453 e. The predicted molar refractivity (Wildman–Crippen MR) is 50.8 cm³/mol. The van der Waals surface area contributed by atoms with Crippen molar-refractivity contribution in [2.45, 2.75) is 6.30 Å². The summed E-state index contributed by atoms with van der Waals surface area (Å²) in [6, 6.07) is 6.56. The molecule has 1 aromatic carbocycles. The normalized spacial score (nSPS) is 12.7. The van der Waals surface area contributed by atoms with E-state index in [1.165, 1.54) is 0 Å². The summed E-state index contributed by atoms with van der Waals surface area (Å²) in [7, 11) is 0. The Morgan fingerprint density at radius 3 is 2.62 bits per heavy atom. The Balaban J connectivity index is 2.48. The number of halogens is 3. The van der Waals surface area contributed by atoms with E-state index in [0.29, 0.717) is 11.0 Å². The third-order valence-corrected chi connectivity index (χ3v) is 2.34. The molecular weight excluding hydrogens is 221 g/mol. The minimum atomic E-state index is -4.53. The van der Waals surface area contributed by atoms with Crippen molar-refractivity contribution in [3.8, 4) is 0 Å². The van der Waals surface area contributed by atoms with E-state index in [9.17, 15) is 13.2 Å². The standard InChI is InChI=1S/C10H5F3N2O/c11-10(12,13)15-9-6-3-1-2-4-7(6)16-8(9)5-14-15/h1-5H. The molecule has 16 heavy (non-hydrogen) atoms. The molecule has 0 spiro atoms. The van der Waals surface area contributed by atoms with Gasteiger partial charge in [0, 0.05) is 5.39 Å². The molecule has 0 amide bonds. The van der Waals surface area contributed by atoms with Gasteiger partial charge in [-0.05, 0) is 12.1 Å². The van der Waals surface area contributed by atoms with E-state index >= 15 is 0 Å². The Morgan fingerprint density at radius 2 is 1.88 bits per heavy atom. The summed E-state index contributed by atoms with van der Waals surface area (Å²) in [5.74, 6) is 0. The van der Waals surface area contributed by atoms with Crippen LogP contribution in [0.4, 0.5) is 13.2 Å². The van der Waals surface area contributed by atoms with Crippen LogP contribution in [0.3, 0.4) is 0 Å². The molecule has 0 atom stereocenters. The van der Waals surface area contributed by atoms with Gasteiger partial charge >= 0.3 is 6.30 Å². The highest BCUT2D eigenvalue weighted by Crippen LogP contribution is 2.33. The quantitative estimate of drug-likeness (QED) is 0.589. The van der Waals surface area contributed by atoms with Gasteiger partial charge in [-0.2, -0.15) is 9.78 Å². The molecule has 0 saturated carbocycles. The van der Waals surface area contributed by atoms with Crippen LogP contribution in [0.15, 0.2) is 34.9 Å². The molecule has 0 radical (unpaired) electrons. The molecule has 3 rings (SSSR count). The molecule has 0 unspecified atom stereocenters. The van der Waals surface area contributed by atoms with E-state index in [1.807, 2.05) is 0 Å². The maximum absolute atomic E-state index is 12.6. The first-order valence-electron chi connectivity index (χ1n) is 4.50. The summed E-state index contributed by atoms with van der Waals surface area (Å²) in [6.07, 6.45) is -3.46. The predicted octanol–water partition coefficient (Wildman–Crippen LogP) is 3.26. The fraction of sp³-hybridized carbons (Fsp3) is 0.100. The van der Waals surface area contributed by atoms with Crippen molar-refractivity contribution in [2.24, 2.45) is 0 Å². The molecule has 6 heteroatoms. The van der Waals surface area contributed by atoms with Crippen LogP contribution >= 0.6 is 0 Å². The van der Waals surface area contributed by atoms with Gasteiger partial charge in [-0.1, -0.05) is 12.1 Å². The lowest BCUT2D eigenvalue weighted by molar-refractivity contribution is -0.208. The van der Waals surface area contributed by atoms with Crippen molar-refractivity contribution < 1.29 is 17.6 Å². The summed E-state index contributed by atoms with van der Waals surface area (Å²) >= 11 is 0. The number of para-hydroxylation sites is 1. The molecule has 0 aliphatic carbocycles. The zero-order chi connectivity index (χ0) is 11.3. The van der Waals surface area contributed by atoms with Crippen LogP contribution < -0.4 is 0 Å². The van der Waals surface area contributed by atoms with E-state index in [4.69, 9.17) is 4.42 Å². The molecule has 0 saturated heterocycles. The number of nitrogens with zero attached hydrogens (tertiary/aromatic N) is 2. The van der Waals surface area contributed by atoms with Crippen LogP contribution in [0, 0.1) is 0 Å². The Hall–Kier alpha value is -1.98. The molecule has 0 bridgehead atoms. The number of fused-ring (bicyclic) bond motifs is 3. The molecule has 0 aliphatic rings. The lowest BCUT2D eigenvalue weighted by Gasteiger charge is -2.05. The molecule has 3 aromatic rings. The van der Waals surface area contributed by atoms with Crippen LogP contribution in [0.25, 0.3) is 22.1 Å². The topological polar surface area (TPSA) is 31.0 Å². The number of aromatic nitrogens is 2. The van der Waals surface area contributed by atoms with Crippen LogP contribution in [-0.4, -0.2) is 9.78 Å². The van der Waals surface area contributed by atoms with Crippen molar-refractivity contribution >= 4 is 22.1 Å². The average molecular weight is 226 g/mol. The van der Waals surface area contributed by atoms with Gasteiger partial charge in [-0.3, -0.25) is 0 Å². The van der Waals surface area contributed by atoms with E-state index in [0.717, 1.165) is 6.20 Å². The molecule has 0 N–H and O–H groups in total. The average Bonchev–Trinajstić information content (AvgIpc) is 2.73. The minimum absolute atomic E-state index is 0.0220. The lowest BCUT2D eigenvalue weighted by atomic mass is 10.2. The molecular formula is C10H5F3N2O. The van der Waals surface area contributed by atoms with E-state index in [2.05, 4.69) is 5.10 Å². The first-order valence-corrected chi connectivity index (χ1v) is 4.50. The molecule has 0 fully saturated rings. The van der Waals surface area contributed by atoms with Crippen molar-refractivity contribution in [2.75, 3.05) is 0 Å². The van der Waals surface area contributed by atoms with Crippen molar-refractivity contribution in [3.63, 3.8) is 0 Å². The first-order chi connectivity index (χ1) is 7.57. The SMILES string of the molecule is FC(F)(F)n1ncc2oc3ccccc3c21. The maximum Gasteiger partial charge on any atom is 0.505 e. The van der Waals surface area contributed by atoms with Crippen LogP contribution in [0.1, 0.15) is 0 Å². The van der Waals surface area contributed by atoms with Crippen molar-refractivity contribution in [1.82, 2.24) is 9.78 Å². The van der Waals surface area contributed by atoms with Gasteiger partial charge in [0.1, 0.15) is 11.1 Å². The third-order valence-electron chi connectivity index (χ3n) is 2.34. The molecule has 82 valence electrons. The highest BCUT2D eigenvalue weighted by Gasteiger charge is 2.35. The molecule has 2 heterocycles. The fourth-order valence-electron chi connectivity index (χ4n) is 1.72. The van der Waals surface area contributed by atoms with Crippen molar-refractivity contribution in [3.05, 3.63) is 30.5 Å². The van der Waals surface area contributed by atoms with Gasteiger partial charge in [0.25, 0.3) is 0 Å². The number of furan rings is 1. The summed E-state index contributed by atoms with van der Waals surface area (Å²) < 4.78 is 43.1. The summed E-state index contributed by atoms with van der Waals surface area (Å²) in [5, 5.41) is 3.68. The molecule has 3 nitrogen and oxygen atoms in total. The monoisotopic (exact) mass is 226 g/mol. The smallest absolute Gasteiger partial charge is 0.453 e. The van der Waals surface area contributed by atoms with E-state index in [-0.39, 0.29) is 15.8 Å². The van der Waals surface area contributed by atoms with Crippen LogP contribution in [0.2, 0.25) is 0 Å². The number of hydrogen-bond donors (Lipinski definition) is 0. The highest BCUT2D eigenvalue weighted by molar-refractivity contribution is 6.02. The van der Waals surface area contributed by atoms with Gasteiger partial charge in [0.15, 0.2) is 5.58 Å². The number of alkyl halides is 3. The van der Waals surface area contributed by atoms with Gasteiger partial charge in [-0.25, -0.2) is 0 Å². The Bertz CT molecular complexity index is 665. The second-order valence-electron chi connectivity index (χ2n) is 3.34. The lowest BCUT2D eigenvalue weighted by Crippen LogP contribution is -2.17. The highest BCUT2D eigenvalue weighted by atomic mass is 19.4. The Labute approximate surface area is 87.1 Å². The summed E-state index contributed by atoms with van der Waals surface area (Å²) in [5.41, 5.74) is 0.523. The largest absolute Gasteiger partial charge is 0.505 e. The van der Waals surface area contributed by atoms with E-state index in [1.54, 1.807) is 24.3 Å². The van der Waals surface area contributed by atoms with Crippen molar-refractivity contribution in [1.29, 1.82) is 0 Å². The summed E-state index contributed by atoms with van der Waals surface area (Å²) in [6.45, 7) is 0. The zero-order valence-corrected chi connectivity index (χ0v) is 7.82. The number of rotatable bonds is 0. The van der Waals surface area contributed by atoms with Gasteiger partial charge in [0.05, 0.1) is 6.20 Å². The van der Waals surface area contributed by atoms with Gasteiger partial charge in [0.2, 0.25) is 0 Å². The third kappa shape index (κ3) is 1.13. The van der Waals surface area contributed by atoms with Crippen LogP contribution in [0.5, 0.6) is 0 Å². The number of hydrogen-bond acceptors (Lipinski definition) is 2. The summed E-state index contributed by atoms with van der Waals surface area (Å²) in [4.78, 5) is 0. The molecule has 0 aliphatic heterocycles. The zero-order valence-electron chi connectivity index (χ0n) is 7.82. The van der Waals surface area contributed by atoms with Gasteiger partial charge < -0.3 is 4.42 Å². The van der Waals surface area contributed by atoms with Gasteiger partial charge in [-0.15, -0.1) is 13.2 Å². The second-order valence-corrected chi connectivity index (χ2v) is 3.34. The van der Waals surface area contributed by atoms with Crippen LogP contribution in [-0.2, 0) is 6.30 Å². The first kappa shape index (κ1) is 9.26. The maximum atomic E-state index is 12.6. The fourth-order valence-corrected chi connectivity index (χ4v) is 1.72. The van der Waals surface area contributed by atoms with E-state index < -0.39 is 6.30 Å². The number of benzene rings is 1. The molecule has 2 aromatic heterocycles. The Kier molecular flexibility index (Phi) is 1.61.